The Balaban J connectivity index is 1.41. The number of fused-ring (bicyclic) bond motifs is 3. The molecule has 0 aliphatic carbocycles. The number of hydrogen-bond donors (Lipinski definition) is 2. The third-order valence-corrected chi connectivity index (χ3v) is 8.54. The lowest BCUT2D eigenvalue weighted by atomic mass is 9.87. The van der Waals surface area contributed by atoms with E-state index in [1.165, 1.54) is 4.90 Å². The summed E-state index contributed by atoms with van der Waals surface area (Å²) >= 11 is 0. The topological polar surface area (TPSA) is 149 Å². The van der Waals surface area contributed by atoms with Crippen molar-refractivity contribution in [1.29, 1.82) is 0 Å². The Labute approximate surface area is 281 Å². The van der Waals surface area contributed by atoms with Gasteiger partial charge in [-0.2, -0.15) is 0 Å². The lowest BCUT2D eigenvalue weighted by Crippen LogP contribution is -2.43. The predicted octanol–water partition coefficient (Wildman–Crippen LogP) is 6.77. The second-order valence-electron chi connectivity index (χ2n) is 11.6. The number of nitrogens with zero attached hydrogens (tertiary/aromatic N) is 2. The number of hydrogen-bond acceptors (Lipinski definition) is 9. The number of methoxy groups -OCH3 is 1. The summed E-state index contributed by atoms with van der Waals surface area (Å²) < 4.78 is 21.8. The van der Waals surface area contributed by atoms with Crippen molar-refractivity contribution in [2.75, 3.05) is 13.9 Å². The van der Waals surface area contributed by atoms with Crippen molar-refractivity contribution in [2.45, 2.75) is 38.3 Å². The van der Waals surface area contributed by atoms with Gasteiger partial charge in [-0.1, -0.05) is 60.7 Å². The van der Waals surface area contributed by atoms with Crippen LogP contribution < -0.4 is 9.47 Å². The van der Waals surface area contributed by atoms with Gasteiger partial charge in [0.2, 0.25) is 12.7 Å². The highest BCUT2D eigenvalue weighted by Gasteiger charge is 2.34. The number of amides is 1. The van der Waals surface area contributed by atoms with Crippen molar-refractivity contribution < 1.29 is 43.2 Å². The van der Waals surface area contributed by atoms with Gasteiger partial charge in [-0.15, -0.1) is 0 Å². The molecule has 4 aromatic carbocycles. The zero-order chi connectivity index (χ0) is 34.5. The smallest absolute Gasteiger partial charge is 0.338 e. The van der Waals surface area contributed by atoms with Crippen molar-refractivity contribution in [3.8, 4) is 11.5 Å². The van der Waals surface area contributed by atoms with Gasteiger partial charge in [0.1, 0.15) is 5.52 Å². The van der Waals surface area contributed by atoms with Crippen LogP contribution in [0.4, 0.5) is 0 Å². The molecule has 250 valence electrons. The minimum absolute atomic E-state index is 0.0340. The quantitative estimate of drug-likeness (QED) is 0.0832. The van der Waals surface area contributed by atoms with Crippen molar-refractivity contribution in [1.82, 2.24) is 9.88 Å². The molecule has 0 radical (unpaired) electrons. The van der Waals surface area contributed by atoms with Crippen molar-refractivity contribution in [2.24, 2.45) is 0 Å². The van der Waals surface area contributed by atoms with Crippen LogP contribution in [0.3, 0.4) is 0 Å². The van der Waals surface area contributed by atoms with Crippen LogP contribution >= 0.6 is 0 Å². The number of allylic oxidation sites excluding steroid dienone is 1. The Bertz CT molecular complexity index is 2060. The molecule has 1 aromatic heterocycles. The summed E-state index contributed by atoms with van der Waals surface area (Å²) in [6.07, 6.45) is 3.16. The molecule has 2 heterocycles. The van der Waals surface area contributed by atoms with Crippen LogP contribution in [0, 0.1) is 0 Å². The number of aliphatic hydroxyl groups is 1. The van der Waals surface area contributed by atoms with Crippen LogP contribution in [0.5, 0.6) is 11.5 Å². The van der Waals surface area contributed by atoms with Gasteiger partial charge in [0.25, 0.3) is 5.91 Å². The maximum absolute atomic E-state index is 14.2. The Morgan fingerprint density at radius 1 is 0.939 bits per heavy atom. The van der Waals surface area contributed by atoms with Crippen LogP contribution in [-0.4, -0.2) is 57.9 Å². The standard InChI is InChI=1S/C38H34N2O9/c1-23(28(27-16-17-32-33(19-27)48-22-47-32)10-7-13-34-39-30-11-5-6-12-31(30)49-34)40(21-24-14-15-25-8-3-4-9-26(25)18-24)37(44)36(43)29(20-35(41)42)38(45)46-2/h3-9,11-19,23,28,43H,10,20-22H2,1-2H3,(H,41,42)/t23-,28+/m1/s1. The number of aromatic nitrogens is 1. The normalized spacial score (nSPS) is 14.1. The molecule has 1 aliphatic heterocycles. The number of ether oxygens (including phenoxy) is 3. The van der Waals surface area contributed by atoms with Gasteiger partial charge in [-0.25, -0.2) is 9.78 Å². The van der Waals surface area contributed by atoms with Gasteiger partial charge in [-0.3, -0.25) is 9.59 Å². The number of aliphatic hydroxyl groups excluding tert-OH is 1. The second kappa shape index (κ2) is 14.3. The Kier molecular flexibility index (Phi) is 9.61. The molecule has 6 rings (SSSR count). The van der Waals surface area contributed by atoms with E-state index in [1.807, 2.05) is 91.9 Å². The molecular weight excluding hydrogens is 628 g/mol. The summed E-state index contributed by atoms with van der Waals surface area (Å²) in [6.45, 7) is 1.96. The minimum Gasteiger partial charge on any atom is -0.503 e. The molecule has 2 N–H and O–H groups in total. The second-order valence-corrected chi connectivity index (χ2v) is 11.6. The van der Waals surface area contributed by atoms with Crippen molar-refractivity contribution in [3.63, 3.8) is 0 Å². The van der Waals surface area contributed by atoms with Gasteiger partial charge >= 0.3 is 11.9 Å². The number of rotatable bonds is 12. The average Bonchev–Trinajstić information content (AvgIpc) is 3.76. The maximum Gasteiger partial charge on any atom is 0.338 e. The molecule has 1 aliphatic rings. The van der Waals surface area contributed by atoms with E-state index >= 15 is 0 Å². The summed E-state index contributed by atoms with van der Waals surface area (Å²) in [6, 6.07) is 25.9. The highest BCUT2D eigenvalue weighted by molar-refractivity contribution is 6.03. The monoisotopic (exact) mass is 662 g/mol. The van der Waals surface area contributed by atoms with Gasteiger partial charge in [-0.05, 0) is 71.7 Å². The number of para-hydroxylation sites is 2. The average molecular weight is 663 g/mol. The number of carbonyl (C=O) groups is 3. The number of carbonyl (C=O) groups excluding carboxylic acids is 2. The van der Waals surface area contributed by atoms with Gasteiger partial charge in [0.15, 0.2) is 22.8 Å². The number of benzene rings is 4. The molecule has 49 heavy (non-hydrogen) atoms. The van der Waals surface area contributed by atoms with E-state index in [0.29, 0.717) is 29.4 Å². The molecule has 11 heteroatoms. The molecule has 1 amide bonds. The largest absolute Gasteiger partial charge is 0.503 e. The molecule has 0 fully saturated rings. The molecule has 0 saturated heterocycles. The third-order valence-electron chi connectivity index (χ3n) is 8.54. The van der Waals surface area contributed by atoms with E-state index < -0.39 is 47.6 Å². The Hall–Kier alpha value is -6.10. The Morgan fingerprint density at radius 3 is 2.47 bits per heavy atom. The first-order valence-electron chi connectivity index (χ1n) is 15.6. The summed E-state index contributed by atoms with van der Waals surface area (Å²) in [5.41, 5.74) is 2.31. The molecule has 11 nitrogen and oxygen atoms in total. The van der Waals surface area contributed by atoms with E-state index in [2.05, 4.69) is 4.98 Å². The van der Waals surface area contributed by atoms with Crippen LogP contribution in [0.1, 0.15) is 42.7 Å². The van der Waals surface area contributed by atoms with E-state index in [0.717, 1.165) is 34.5 Å². The lowest BCUT2D eigenvalue weighted by Gasteiger charge is -2.35. The Morgan fingerprint density at radius 2 is 1.69 bits per heavy atom. The molecule has 2 atom stereocenters. The third kappa shape index (κ3) is 7.25. The number of carboxylic acids is 1. The fourth-order valence-corrected chi connectivity index (χ4v) is 5.98. The number of esters is 1. The number of oxazole rings is 1. The van der Waals surface area contributed by atoms with E-state index in [4.69, 9.17) is 18.6 Å². The van der Waals surface area contributed by atoms with Gasteiger partial charge < -0.3 is 33.7 Å². The van der Waals surface area contributed by atoms with Crippen LogP contribution in [0.25, 0.3) is 27.9 Å². The van der Waals surface area contributed by atoms with Crippen molar-refractivity contribution >= 4 is 45.8 Å². The fraction of sp³-hybridized carbons (Fsp3) is 0.211. The van der Waals surface area contributed by atoms with E-state index in [-0.39, 0.29) is 13.3 Å². The predicted molar refractivity (Wildman–Crippen MR) is 181 cm³/mol. The SMILES string of the molecule is COC(=O)C(CC(=O)O)=C(O)C(=O)N(Cc1ccc2ccccc2c1)[C@H](C)[C@H](CC=Cc1nc2ccccc2o1)c1ccc2c(c1)OCO2. The zero-order valence-electron chi connectivity index (χ0n) is 26.9. The molecule has 0 unspecified atom stereocenters. The van der Waals surface area contributed by atoms with Crippen LogP contribution in [0.15, 0.2) is 107 Å². The summed E-state index contributed by atoms with van der Waals surface area (Å²) in [7, 11) is 1.05. The van der Waals surface area contributed by atoms with Gasteiger partial charge in [0, 0.05) is 18.5 Å². The molecular formula is C38H34N2O9. The molecule has 0 spiro atoms. The highest BCUT2D eigenvalue weighted by Crippen LogP contribution is 2.38. The molecule has 5 aromatic rings. The number of aliphatic carboxylic acids is 1. The zero-order valence-corrected chi connectivity index (χ0v) is 26.9. The first-order valence-corrected chi connectivity index (χ1v) is 15.6. The van der Waals surface area contributed by atoms with Crippen LogP contribution in [-0.2, 0) is 25.7 Å². The lowest BCUT2D eigenvalue weighted by molar-refractivity contribution is -0.142. The first kappa shape index (κ1) is 32.8. The first-order chi connectivity index (χ1) is 23.7. The maximum atomic E-state index is 14.2. The van der Waals surface area contributed by atoms with Crippen LogP contribution in [0.2, 0.25) is 0 Å². The van der Waals surface area contributed by atoms with E-state index in [1.54, 1.807) is 12.1 Å². The summed E-state index contributed by atoms with van der Waals surface area (Å²) in [5.74, 6) is -3.26. The van der Waals surface area contributed by atoms with Gasteiger partial charge in [0.05, 0.1) is 19.1 Å². The highest BCUT2D eigenvalue weighted by atomic mass is 16.7. The summed E-state index contributed by atoms with van der Waals surface area (Å²) in [5, 5.41) is 22.7. The van der Waals surface area contributed by atoms with E-state index in [9.17, 15) is 24.6 Å². The summed E-state index contributed by atoms with van der Waals surface area (Å²) in [4.78, 5) is 44.4. The minimum atomic E-state index is -1.41. The molecule has 0 bridgehead atoms. The molecule has 0 saturated carbocycles. The number of carboxylic acid groups (broad SMARTS) is 1. The fourth-order valence-electron chi connectivity index (χ4n) is 5.98. The van der Waals surface area contributed by atoms with Crippen molar-refractivity contribution in [3.05, 3.63) is 119 Å².